The van der Waals surface area contributed by atoms with E-state index in [9.17, 15) is 14.9 Å². The number of hydrogen-bond donors (Lipinski definition) is 1. The average Bonchev–Trinajstić information content (AvgIpc) is 3.13. The van der Waals surface area contributed by atoms with Crippen molar-refractivity contribution in [2.24, 2.45) is 0 Å². The molecule has 3 aromatic rings. The molecule has 0 aliphatic carbocycles. The Balaban J connectivity index is 1.87. The number of nitrogens with one attached hydrogen (secondary N) is 1. The first-order chi connectivity index (χ1) is 15.8. The van der Waals surface area contributed by atoms with Gasteiger partial charge in [0.15, 0.2) is 11.5 Å². The van der Waals surface area contributed by atoms with Gasteiger partial charge in [0.25, 0.3) is 5.91 Å². The third kappa shape index (κ3) is 5.45. The predicted octanol–water partition coefficient (Wildman–Crippen LogP) is 5.22. The number of halogens is 1. The first kappa shape index (κ1) is 24.1. The van der Waals surface area contributed by atoms with Crippen LogP contribution in [-0.4, -0.2) is 32.1 Å². The number of nitrogens with zero attached hydrogens (tertiary/aromatic N) is 1. The molecular formula is C24H21ClN2O5S. The van der Waals surface area contributed by atoms with E-state index in [-0.39, 0.29) is 33.0 Å². The number of rotatable bonds is 7. The molecule has 0 bridgehead atoms. The second-order valence-corrected chi connectivity index (χ2v) is 8.64. The summed E-state index contributed by atoms with van der Waals surface area (Å²) in [7, 11) is 2.98. The zero-order valence-corrected chi connectivity index (χ0v) is 20.0. The lowest BCUT2D eigenvalue weighted by atomic mass is 10.1. The molecule has 3 rings (SSSR count). The van der Waals surface area contributed by atoms with E-state index in [2.05, 4.69) is 5.32 Å². The van der Waals surface area contributed by atoms with Gasteiger partial charge >= 0.3 is 5.97 Å². The lowest BCUT2D eigenvalue weighted by Crippen LogP contribution is -2.30. The van der Waals surface area contributed by atoms with Crippen LogP contribution in [0.25, 0.3) is 16.2 Å². The van der Waals surface area contributed by atoms with Gasteiger partial charge in [-0.1, -0.05) is 17.7 Å². The Morgan fingerprint density at radius 3 is 2.52 bits per heavy atom. The Morgan fingerprint density at radius 2 is 1.88 bits per heavy atom. The number of hydrogen-bond acceptors (Lipinski definition) is 7. The lowest BCUT2D eigenvalue weighted by molar-refractivity contribution is -0.117. The molecule has 1 amide bonds. The number of thiophene rings is 1. The highest BCUT2D eigenvalue weighted by Gasteiger charge is 2.21. The SMILES string of the molecule is COc1ccc2sc(C(=O)Oc3ccc(/C=C(\C#N)C(=O)NC(C)C)cc3OC)c(Cl)c2c1. The second kappa shape index (κ2) is 10.4. The molecule has 170 valence electrons. The smallest absolute Gasteiger partial charge is 0.355 e. The van der Waals surface area contributed by atoms with Gasteiger partial charge in [0.05, 0.1) is 19.2 Å². The summed E-state index contributed by atoms with van der Waals surface area (Å²) >= 11 is 7.64. The molecule has 0 saturated heterocycles. The molecule has 7 nitrogen and oxygen atoms in total. The molecule has 2 aromatic carbocycles. The Bertz CT molecular complexity index is 1290. The largest absolute Gasteiger partial charge is 0.497 e. The minimum atomic E-state index is -0.629. The maximum atomic E-state index is 12.8. The number of carbonyl (C=O) groups excluding carboxylic acids is 2. The number of fused-ring (bicyclic) bond motifs is 1. The van der Waals surface area contributed by atoms with E-state index in [4.69, 9.17) is 25.8 Å². The summed E-state index contributed by atoms with van der Waals surface area (Å²) in [6, 6.07) is 11.9. The highest BCUT2D eigenvalue weighted by atomic mass is 35.5. The van der Waals surface area contributed by atoms with Gasteiger partial charge in [-0.25, -0.2) is 4.79 Å². The summed E-state index contributed by atoms with van der Waals surface area (Å²) in [5.74, 6) is -0.0338. The van der Waals surface area contributed by atoms with E-state index >= 15 is 0 Å². The predicted molar refractivity (Wildman–Crippen MR) is 128 cm³/mol. The Hall–Kier alpha value is -3.54. The summed E-state index contributed by atoms with van der Waals surface area (Å²) in [5.41, 5.74) is 0.483. The molecule has 0 saturated carbocycles. The van der Waals surface area contributed by atoms with Crippen molar-refractivity contribution >= 4 is 51.0 Å². The van der Waals surface area contributed by atoms with Crippen molar-refractivity contribution < 1.29 is 23.8 Å². The van der Waals surface area contributed by atoms with Gasteiger partial charge in [-0.05, 0) is 55.8 Å². The van der Waals surface area contributed by atoms with E-state index in [1.54, 1.807) is 45.2 Å². The van der Waals surface area contributed by atoms with Crippen molar-refractivity contribution in [2.45, 2.75) is 19.9 Å². The summed E-state index contributed by atoms with van der Waals surface area (Å²) in [6.07, 6.45) is 1.43. The highest BCUT2D eigenvalue weighted by Crippen LogP contribution is 2.38. The van der Waals surface area contributed by atoms with Crippen molar-refractivity contribution in [1.82, 2.24) is 5.32 Å². The second-order valence-electron chi connectivity index (χ2n) is 7.21. The maximum Gasteiger partial charge on any atom is 0.355 e. The minimum Gasteiger partial charge on any atom is -0.497 e. The highest BCUT2D eigenvalue weighted by molar-refractivity contribution is 7.21. The van der Waals surface area contributed by atoms with Crippen molar-refractivity contribution in [3.8, 4) is 23.3 Å². The zero-order valence-electron chi connectivity index (χ0n) is 18.4. The van der Waals surface area contributed by atoms with E-state index in [1.807, 2.05) is 12.1 Å². The van der Waals surface area contributed by atoms with Crippen LogP contribution in [0.3, 0.4) is 0 Å². The van der Waals surface area contributed by atoms with Crippen LogP contribution in [0.4, 0.5) is 0 Å². The third-order valence-electron chi connectivity index (χ3n) is 4.51. The van der Waals surface area contributed by atoms with Crippen molar-refractivity contribution in [2.75, 3.05) is 14.2 Å². The van der Waals surface area contributed by atoms with Gasteiger partial charge in [-0.15, -0.1) is 11.3 Å². The molecule has 0 atom stereocenters. The Kier molecular flexibility index (Phi) is 7.59. The Labute approximate surface area is 200 Å². The van der Waals surface area contributed by atoms with Gasteiger partial charge in [-0.2, -0.15) is 5.26 Å². The number of amides is 1. The normalized spacial score (nSPS) is 11.2. The summed E-state index contributed by atoms with van der Waals surface area (Å²) in [4.78, 5) is 25.2. The van der Waals surface area contributed by atoms with Gasteiger partial charge in [0, 0.05) is 16.1 Å². The van der Waals surface area contributed by atoms with Crippen LogP contribution >= 0.6 is 22.9 Å². The Morgan fingerprint density at radius 1 is 1.12 bits per heavy atom. The van der Waals surface area contributed by atoms with Gasteiger partial charge in [-0.3, -0.25) is 4.79 Å². The van der Waals surface area contributed by atoms with Gasteiger partial charge in [0.2, 0.25) is 0 Å². The quantitative estimate of drug-likeness (QED) is 0.213. The fraction of sp³-hybridized carbons (Fsp3) is 0.208. The van der Waals surface area contributed by atoms with Crippen molar-refractivity contribution in [3.05, 3.63) is 57.4 Å². The van der Waals surface area contributed by atoms with Gasteiger partial charge in [0.1, 0.15) is 22.3 Å². The van der Waals surface area contributed by atoms with E-state index in [0.29, 0.717) is 16.7 Å². The minimum absolute atomic E-state index is 0.0528. The van der Waals surface area contributed by atoms with Crippen LogP contribution in [0, 0.1) is 11.3 Å². The fourth-order valence-electron chi connectivity index (χ4n) is 2.96. The molecule has 33 heavy (non-hydrogen) atoms. The number of carbonyl (C=O) groups is 2. The first-order valence-electron chi connectivity index (χ1n) is 9.86. The molecule has 1 aromatic heterocycles. The monoisotopic (exact) mass is 484 g/mol. The number of esters is 1. The van der Waals surface area contributed by atoms with Crippen LogP contribution in [0.1, 0.15) is 29.1 Å². The fourth-order valence-corrected chi connectivity index (χ4v) is 4.32. The van der Waals surface area contributed by atoms with Crippen molar-refractivity contribution in [3.63, 3.8) is 0 Å². The molecule has 0 fully saturated rings. The van der Waals surface area contributed by atoms with Crippen LogP contribution in [0.5, 0.6) is 17.2 Å². The molecular weight excluding hydrogens is 464 g/mol. The lowest BCUT2D eigenvalue weighted by Gasteiger charge is -2.10. The molecule has 9 heteroatoms. The van der Waals surface area contributed by atoms with E-state index in [0.717, 1.165) is 4.70 Å². The molecule has 1 N–H and O–H groups in total. The van der Waals surface area contributed by atoms with Crippen LogP contribution in [0.2, 0.25) is 5.02 Å². The van der Waals surface area contributed by atoms with E-state index in [1.165, 1.54) is 30.6 Å². The number of ether oxygens (including phenoxy) is 3. The third-order valence-corrected chi connectivity index (χ3v) is 6.16. The van der Waals surface area contributed by atoms with Crippen LogP contribution < -0.4 is 19.5 Å². The molecule has 0 aliphatic heterocycles. The summed E-state index contributed by atoms with van der Waals surface area (Å²) in [5, 5.41) is 13.0. The average molecular weight is 485 g/mol. The molecule has 1 heterocycles. The summed E-state index contributed by atoms with van der Waals surface area (Å²) in [6.45, 7) is 3.61. The van der Waals surface area contributed by atoms with Gasteiger partial charge < -0.3 is 19.5 Å². The zero-order chi connectivity index (χ0) is 24.1. The van der Waals surface area contributed by atoms with E-state index < -0.39 is 11.9 Å². The van der Waals surface area contributed by atoms with Crippen LogP contribution in [-0.2, 0) is 4.79 Å². The maximum absolute atomic E-state index is 12.8. The summed E-state index contributed by atoms with van der Waals surface area (Å²) < 4.78 is 16.9. The van der Waals surface area contributed by atoms with Crippen LogP contribution in [0.15, 0.2) is 42.0 Å². The number of methoxy groups -OCH3 is 2. The van der Waals surface area contributed by atoms with Crippen molar-refractivity contribution in [1.29, 1.82) is 5.26 Å². The number of nitriles is 1. The molecule has 0 aliphatic rings. The molecule has 0 radical (unpaired) electrons. The first-order valence-corrected chi connectivity index (χ1v) is 11.1. The standard InChI is InChI=1S/C24H21ClN2O5S/c1-13(2)27-23(28)15(12-26)9-14-5-7-18(19(10-14)31-4)32-24(29)22-21(25)17-11-16(30-3)6-8-20(17)33-22/h5-11,13H,1-4H3,(H,27,28)/b15-9+. The number of benzene rings is 2. The topological polar surface area (TPSA) is 97.7 Å². The molecule has 0 spiro atoms. The molecule has 0 unspecified atom stereocenters.